The van der Waals surface area contributed by atoms with Gasteiger partial charge in [0.2, 0.25) is 0 Å². The maximum absolute atomic E-state index is 12.0. The topological polar surface area (TPSA) is 119 Å². The maximum atomic E-state index is 12.0. The fourth-order valence-electron chi connectivity index (χ4n) is 2.14. The summed E-state index contributed by atoms with van der Waals surface area (Å²) in [6.07, 6.45) is -1.02. The van der Waals surface area contributed by atoms with Crippen molar-refractivity contribution in [2.45, 2.75) is 17.9 Å². The van der Waals surface area contributed by atoms with E-state index in [4.69, 9.17) is 10.5 Å². The van der Waals surface area contributed by atoms with Crippen LogP contribution in [0.1, 0.15) is 17.3 Å². The number of thioether (sulfide) groups is 1. The third-order valence-electron chi connectivity index (χ3n) is 3.39. The van der Waals surface area contributed by atoms with Crippen molar-refractivity contribution in [2.75, 3.05) is 17.2 Å². The molecule has 0 aromatic heterocycles. The summed E-state index contributed by atoms with van der Waals surface area (Å²) in [5.41, 5.74) is 6.11. The number of hydrogen-bond donors (Lipinski definition) is 1. The summed E-state index contributed by atoms with van der Waals surface area (Å²) in [7, 11) is -3.42. The molecule has 0 fully saturated rings. The van der Waals surface area contributed by atoms with Crippen LogP contribution in [0.2, 0.25) is 0 Å². The summed E-state index contributed by atoms with van der Waals surface area (Å²) >= 11 is 1.18. The number of nitrogens with zero attached hydrogens (tertiary/aromatic N) is 2. The van der Waals surface area contributed by atoms with Gasteiger partial charge in [0.15, 0.2) is 11.3 Å². The molecule has 1 aromatic carbocycles. The van der Waals surface area contributed by atoms with Gasteiger partial charge in [0.1, 0.15) is 0 Å². The molecule has 2 heterocycles. The lowest BCUT2D eigenvalue weighted by molar-refractivity contribution is -0.125. The van der Waals surface area contributed by atoms with Crippen LogP contribution >= 0.6 is 11.8 Å². The zero-order chi connectivity index (χ0) is 16.8. The van der Waals surface area contributed by atoms with Crippen LogP contribution in [0.15, 0.2) is 27.5 Å². The van der Waals surface area contributed by atoms with Crippen molar-refractivity contribution in [1.82, 2.24) is 0 Å². The van der Waals surface area contributed by atoms with Gasteiger partial charge in [-0.2, -0.15) is 0 Å². The number of anilines is 1. The van der Waals surface area contributed by atoms with Crippen molar-refractivity contribution in [3.8, 4) is 0 Å². The van der Waals surface area contributed by atoms with Gasteiger partial charge in [-0.25, -0.2) is 13.2 Å². The average molecular weight is 355 g/mol. The fourth-order valence-corrected chi connectivity index (χ4v) is 4.44. The molecule has 2 aliphatic rings. The number of primary amides is 1. The van der Waals surface area contributed by atoms with Crippen LogP contribution < -0.4 is 10.6 Å². The van der Waals surface area contributed by atoms with E-state index in [1.54, 1.807) is 23.1 Å². The van der Waals surface area contributed by atoms with E-state index in [0.717, 1.165) is 5.69 Å². The molecule has 122 valence electrons. The van der Waals surface area contributed by atoms with Gasteiger partial charge in [-0.05, 0) is 36.9 Å². The zero-order valence-electron chi connectivity index (χ0n) is 12.1. The minimum absolute atomic E-state index is 0.0452. The molecule has 0 aliphatic carbocycles. The predicted octanol–water partition coefficient (Wildman–Crippen LogP) is 0.329. The van der Waals surface area contributed by atoms with Crippen molar-refractivity contribution >= 4 is 44.5 Å². The quantitative estimate of drug-likeness (QED) is 0.776. The van der Waals surface area contributed by atoms with Crippen molar-refractivity contribution in [2.24, 2.45) is 10.1 Å². The highest BCUT2D eigenvalue weighted by atomic mass is 32.2. The van der Waals surface area contributed by atoms with E-state index >= 15 is 0 Å². The van der Waals surface area contributed by atoms with Gasteiger partial charge < -0.3 is 15.4 Å². The Bertz CT molecular complexity index is 834. The Kier molecular flexibility index (Phi) is 3.80. The number of ether oxygens (including phenoxy) is 1. The molecule has 2 N–H and O–H groups in total. The van der Waals surface area contributed by atoms with Crippen LogP contribution in [0.5, 0.6) is 0 Å². The molecule has 10 heteroatoms. The Labute approximate surface area is 136 Å². The molecule has 23 heavy (non-hydrogen) atoms. The van der Waals surface area contributed by atoms with E-state index in [1.165, 1.54) is 18.7 Å². The summed E-state index contributed by atoms with van der Waals surface area (Å²) in [5, 5.41) is 0.377. The molecule has 1 aromatic rings. The maximum Gasteiger partial charge on any atom is 0.338 e. The van der Waals surface area contributed by atoms with Crippen molar-refractivity contribution < 1.29 is 22.7 Å². The highest BCUT2D eigenvalue weighted by molar-refractivity contribution is 8.15. The van der Waals surface area contributed by atoms with Crippen LogP contribution in [-0.4, -0.2) is 43.9 Å². The summed E-state index contributed by atoms with van der Waals surface area (Å²) in [6, 6.07) is 4.85. The number of carbonyl (C=O) groups is 2. The lowest BCUT2D eigenvalue weighted by Crippen LogP contribution is -2.35. The lowest BCUT2D eigenvalue weighted by Gasteiger charge is -2.22. The average Bonchev–Trinajstić information content (AvgIpc) is 2.81. The first-order valence-corrected chi connectivity index (χ1v) is 9.12. The van der Waals surface area contributed by atoms with Crippen molar-refractivity contribution in [3.05, 3.63) is 23.8 Å². The molecule has 0 bridgehead atoms. The minimum atomic E-state index is -3.42. The standard InChI is InChI=1S/C13H13N3O5S2/c1-7(11(14)17)21-12(18)8-2-3-9-10(6-8)22-13-15-23(19,20)5-4-16(9)13/h2-3,6-7H,4-5H2,1H3,(H2,14,17). The molecule has 2 aliphatic heterocycles. The summed E-state index contributed by atoms with van der Waals surface area (Å²) in [4.78, 5) is 25.4. The first kappa shape index (κ1) is 15.8. The number of nitrogens with two attached hydrogens (primary N) is 1. The summed E-state index contributed by atoms with van der Waals surface area (Å²) < 4.78 is 31.8. The predicted molar refractivity (Wildman–Crippen MR) is 84.9 cm³/mol. The van der Waals surface area contributed by atoms with Gasteiger partial charge >= 0.3 is 5.97 Å². The summed E-state index contributed by atoms with van der Waals surface area (Å²) in [5.74, 6) is -1.44. The van der Waals surface area contributed by atoms with E-state index in [0.29, 0.717) is 16.6 Å². The molecule has 1 unspecified atom stereocenters. The fraction of sp³-hybridized carbons (Fsp3) is 0.308. The SMILES string of the molecule is CC(OC(=O)c1ccc2c(c1)SC1=NS(=O)(=O)CCN12)C(N)=O. The summed E-state index contributed by atoms with van der Waals surface area (Å²) in [6.45, 7) is 1.71. The van der Waals surface area contributed by atoms with Gasteiger partial charge in [-0.15, -0.1) is 4.40 Å². The van der Waals surface area contributed by atoms with E-state index in [9.17, 15) is 18.0 Å². The van der Waals surface area contributed by atoms with Crippen LogP contribution in [0, 0.1) is 0 Å². The number of sulfonamides is 1. The van der Waals surface area contributed by atoms with E-state index in [-0.39, 0.29) is 11.3 Å². The van der Waals surface area contributed by atoms with Crippen LogP contribution in [0.25, 0.3) is 0 Å². The minimum Gasteiger partial charge on any atom is -0.449 e. The smallest absolute Gasteiger partial charge is 0.338 e. The second kappa shape index (κ2) is 5.53. The van der Waals surface area contributed by atoms with Crippen molar-refractivity contribution in [1.29, 1.82) is 0 Å². The number of amidine groups is 1. The van der Waals surface area contributed by atoms with Crippen LogP contribution in [0.4, 0.5) is 5.69 Å². The van der Waals surface area contributed by atoms with Gasteiger partial charge in [0.25, 0.3) is 15.9 Å². The molecule has 0 saturated heterocycles. The molecule has 0 radical (unpaired) electrons. The number of amides is 1. The molecule has 8 nitrogen and oxygen atoms in total. The van der Waals surface area contributed by atoms with Crippen molar-refractivity contribution in [3.63, 3.8) is 0 Å². The van der Waals surface area contributed by atoms with Crippen LogP contribution in [-0.2, 0) is 19.6 Å². The van der Waals surface area contributed by atoms with E-state index < -0.39 is 28.0 Å². The molecule has 1 amide bonds. The van der Waals surface area contributed by atoms with E-state index in [2.05, 4.69) is 4.40 Å². The third-order valence-corrected chi connectivity index (χ3v) is 5.70. The first-order valence-electron chi connectivity index (χ1n) is 6.69. The zero-order valence-corrected chi connectivity index (χ0v) is 13.7. The van der Waals surface area contributed by atoms with E-state index in [1.807, 2.05) is 0 Å². The Balaban J connectivity index is 1.86. The normalized spacial score (nSPS) is 19.3. The Hall–Kier alpha value is -2.07. The number of carbonyl (C=O) groups excluding carboxylic acids is 2. The Morgan fingerprint density at radius 2 is 2.17 bits per heavy atom. The van der Waals surface area contributed by atoms with Gasteiger partial charge in [-0.1, -0.05) is 0 Å². The molecule has 0 spiro atoms. The largest absolute Gasteiger partial charge is 0.449 e. The second-order valence-electron chi connectivity index (χ2n) is 5.05. The molecular weight excluding hydrogens is 342 g/mol. The first-order chi connectivity index (χ1) is 10.8. The highest BCUT2D eigenvalue weighted by Gasteiger charge is 2.33. The number of fused-ring (bicyclic) bond motifs is 3. The molecular formula is C13H13N3O5S2. The highest BCUT2D eigenvalue weighted by Crippen LogP contribution is 2.42. The third kappa shape index (κ3) is 3.04. The number of rotatable bonds is 3. The Morgan fingerprint density at radius 1 is 1.43 bits per heavy atom. The lowest BCUT2D eigenvalue weighted by atomic mass is 10.2. The van der Waals surface area contributed by atoms with Gasteiger partial charge in [0.05, 0.1) is 17.0 Å². The number of hydrogen-bond acceptors (Lipinski definition) is 7. The second-order valence-corrected chi connectivity index (χ2v) is 7.81. The molecule has 0 saturated carbocycles. The van der Waals surface area contributed by atoms with Gasteiger partial charge in [-0.3, -0.25) is 4.79 Å². The molecule has 3 rings (SSSR count). The number of esters is 1. The molecule has 1 atom stereocenters. The Morgan fingerprint density at radius 3 is 2.87 bits per heavy atom. The monoisotopic (exact) mass is 355 g/mol. The number of benzene rings is 1. The van der Waals surface area contributed by atoms with Gasteiger partial charge in [0, 0.05) is 11.4 Å². The van der Waals surface area contributed by atoms with Crippen LogP contribution in [0.3, 0.4) is 0 Å².